The summed E-state index contributed by atoms with van der Waals surface area (Å²) >= 11 is 0. The molecule has 0 fully saturated rings. The highest BCUT2D eigenvalue weighted by molar-refractivity contribution is 5.69. The van der Waals surface area contributed by atoms with Crippen molar-refractivity contribution < 1.29 is 9.53 Å². The van der Waals surface area contributed by atoms with Gasteiger partial charge in [0.2, 0.25) is 0 Å². The van der Waals surface area contributed by atoms with Crippen LogP contribution < -0.4 is 5.32 Å². The summed E-state index contributed by atoms with van der Waals surface area (Å²) in [6, 6.07) is 0.445. The fourth-order valence-electron chi connectivity index (χ4n) is 2.82. The maximum absolute atomic E-state index is 11.7. The Morgan fingerprint density at radius 2 is 2.30 bits per heavy atom. The first-order chi connectivity index (χ1) is 9.74. The van der Waals surface area contributed by atoms with Gasteiger partial charge in [0.25, 0.3) is 0 Å². The Bertz CT molecular complexity index is 440. The molecule has 1 aliphatic rings. The normalized spacial score (nSPS) is 17.8. The number of unbranched alkanes of at least 4 members (excludes halogenated alkanes) is 1. The zero-order valence-corrected chi connectivity index (χ0v) is 12.7. The number of nitrogens with zero attached hydrogens (tertiary/aromatic N) is 1. The first kappa shape index (κ1) is 15.1. The van der Waals surface area contributed by atoms with Crippen molar-refractivity contribution in [1.29, 1.82) is 0 Å². The number of carbonyl (C=O) groups is 1. The van der Waals surface area contributed by atoms with Gasteiger partial charge in [-0.15, -0.1) is 0 Å². The zero-order valence-electron chi connectivity index (χ0n) is 12.7. The number of aromatic nitrogens is 1. The third-order valence-electron chi connectivity index (χ3n) is 3.83. The Hall–Kier alpha value is -1.29. The van der Waals surface area contributed by atoms with Gasteiger partial charge in [-0.1, -0.05) is 20.3 Å². The second kappa shape index (κ2) is 7.48. The van der Waals surface area contributed by atoms with Gasteiger partial charge in [0.15, 0.2) is 0 Å². The fraction of sp³-hybridized carbons (Fsp3) is 0.688. The van der Waals surface area contributed by atoms with Crippen LogP contribution in [0.15, 0.2) is 12.4 Å². The van der Waals surface area contributed by atoms with E-state index in [2.05, 4.69) is 31.6 Å². The van der Waals surface area contributed by atoms with E-state index in [0.29, 0.717) is 19.2 Å². The highest BCUT2D eigenvalue weighted by Crippen LogP contribution is 2.30. The molecule has 0 aromatic carbocycles. The lowest BCUT2D eigenvalue weighted by Crippen LogP contribution is -2.23. The van der Waals surface area contributed by atoms with Crippen LogP contribution in [0.5, 0.6) is 0 Å². The van der Waals surface area contributed by atoms with Gasteiger partial charge < -0.3 is 14.6 Å². The largest absolute Gasteiger partial charge is 0.464 e. The smallest absolute Gasteiger partial charge is 0.325 e. The molecule has 0 aliphatic heterocycles. The first-order valence-electron chi connectivity index (χ1n) is 7.82. The molecule has 1 unspecified atom stereocenters. The second-order valence-corrected chi connectivity index (χ2v) is 5.49. The van der Waals surface area contributed by atoms with Crippen molar-refractivity contribution >= 4 is 5.97 Å². The Morgan fingerprint density at radius 1 is 1.45 bits per heavy atom. The number of esters is 1. The average molecular weight is 278 g/mol. The van der Waals surface area contributed by atoms with Gasteiger partial charge in [0.05, 0.1) is 6.61 Å². The number of ether oxygens (including phenoxy) is 1. The van der Waals surface area contributed by atoms with Gasteiger partial charge in [0.1, 0.15) is 6.54 Å². The minimum Gasteiger partial charge on any atom is -0.464 e. The van der Waals surface area contributed by atoms with Crippen LogP contribution in [0.4, 0.5) is 0 Å². The molecule has 1 atom stereocenters. The molecule has 0 spiro atoms. The molecule has 2 rings (SSSR count). The highest BCUT2D eigenvalue weighted by Gasteiger charge is 2.21. The number of nitrogens with one attached hydrogen (secondary N) is 1. The number of hydrogen-bond donors (Lipinski definition) is 1. The van der Waals surface area contributed by atoms with E-state index in [1.54, 1.807) is 0 Å². The van der Waals surface area contributed by atoms with E-state index in [4.69, 9.17) is 4.74 Å². The molecular weight excluding hydrogens is 252 g/mol. The Kier molecular flexibility index (Phi) is 5.65. The lowest BCUT2D eigenvalue weighted by molar-refractivity contribution is -0.144. The zero-order chi connectivity index (χ0) is 14.4. The molecule has 0 bridgehead atoms. The Balaban J connectivity index is 1.95. The van der Waals surface area contributed by atoms with Crippen LogP contribution in [0, 0.1) is 0 Å². The molecule has 1 N–H and O–H groups in total. The SMILES string of the molecule is CCCCOC(=O)Cn1cc2c(c1)C(NCC)CCC2. The lowest BCUT2D eigenvalue weighted by Gasteiger charge is -2.22. The van der Waals surface area contributed by atoms with Crippen molar-refractivity contribution in [3.05, 3.63) is 23.5 Å². The predicted molar refractivity (Wildman–Crippen MR) is 79.7 cm³/mol. The lowest BCUT2D eigenvalue weighted by atomic mass is 9.91. The van der Waals surface area contributed by atoms with Gasteiger partial charge in [0, 0.05) is 18.4 Å². The molecular formula is C16H26N2O2. The topological polar surface area (TPSA) is 43.3 Å². The molecule has 4 heteroatoms. The number of rotatable bonds is 7. The number of hydrogen-bond acceptors (Lipinski definition) is 3. The fourth-order valence-corrected chi connectivity index (χ4v) is 2.82. The van der Waals surface area contributed by atoms with Crippen molar-refractivity contribution in [3.63, 3.8) is 0 Å². The third kappa shape index (κ3) is 3.85. The molecule has 0 amide bonds. The van der Waals surface area contributed by atoms with E-state index in [9.17, 15) is 4.79 Å². The quantitative estimate of drug-likeness (QED) is 0.616. The molecule has 0 radical (unpaired) electrons. The monoisotopic (exact) mass is 278 g/mol. The van der Waals surface area contributed by atoms with Crippen LogP contribution in [-0.4, -0.2) is 23.7 Å². The van der Waals surface area contributed by atoms with Gasteiger partial charge in [-0.25, -0.2) is 0 Å². The van der Waals surface area contributed by atoms with Crippen molar-refractivity contribution in [2.75, 3.05) is 13.2 Å². The van der Waals surface area contributed by atoms with E-state index in [1.807, 2.05) is 4.57 Å². The molecule has 1 aliphatic carbocycles. The third-order valence-corrected chi connectivity index (χ3v) is 3.83. The van der Waals surface area contributed by atoms with Crippen molar-refractivity contribution in [2.45, 2.75) is 58.5 Å². The van der Waals surface area contributed by atoms with Crippen LogP contribution in [0.3, 0.4) is 0 Å². The molecule has 4 nitrogen and oxygen atoms in total. The van der Waals surface area contributed by atoms with Crippen LogP contribution in [0.1, 0.15) is 56.7 Å². The van der Waals surface area contributed by atoms with Crippen LogP contribution in [0.25, 0.3) is 0 Å². The van der Waals surface area contributed by atoms with Crippen molar-refractivity contribution in [1.82, 2.24) is 9.88 Å². The number of carbonyl (C=O) groups excluding carboxylic acids is 1. The summed E-state index contributed by atoms with van der Waals surface area (Å²) in [7, 11) is 0. The molecule has 1 heterocycles. The van der Waals surface area contributed by atoms with E-state index in [1.165, 1.54) is 24.0 Å². The van der Waals surface area contributed by atoms with Crippen LogP contribution in [-0.2, 0) is 22.5 Å². The molecule has 0 saturated carbocycles. The Morgan fingerprint density at radius 3 is 3.05 bits per heavy atom. The van der Waals surface area contributed by atoms with Gasteiger partial charge in [-0.05, 0) is 43.4 Å². The number of aryl methyl sites for hydroxylation is 1. The van der Waals surface area contributed by atoms with Crippen molar-refractivity contribution in [3.8, 4) is 0 Å². The molecule has 0 saturated heterocycles. The molecule has 112 valence electrons. The maximum atomic E-state index is 11.7. The summed E-state index contributed by atoms with van der Waals surface area (Å²) in [6.07, 6.45) is 9.74. The van der Waals surface area contributed by atoms with E-state index >= 15 is 0 Å². The summed E-state index contributed by atoms with van der Waals surface area (Å²) in [6.45, 7) is 6.07. The van der Waals surface area contributed by atoms with Gasteiger partial charge in [-0.3, -0.25) is 4.79 Å². The molecule has 1 aromatic heterocycles. The average Bonchev–Trinajstić information content (AvgIpc) is 2.83. The summed E-state index contributed by atoms with van der Waals surface area (Å²) in [5.74, 6) is -0.134. The number of fused-ring (bicyclic) bond motifs is 1. The summed E-state index contributed by atoms with van der Waals surface area (Å²) in [5, 5.41) is 3.52. The summed E-state index contributed by atoms with van der Waals surface area (Å²) < 4.78 is 7.20. The summed E-state index contributed by atoms with van der Waals surface area (Å²) in [4.78, 5) is 11.7. The van der Waals surface area contributed by atoms with Gasteiger partial charge in [-0.2, -0.15) is 0 Å². The minimum atomic E-state index is -0.134. The maximum Gasteiger partial charge on any atom is 0.325 e. The van der Waals surface area contributed by atoms with Crippen LogP contribution >= 0.6 is 0 Å². The highest BCUT2D eigenvalue weighted by atomic mass is 16.5. The molecule has 1 aromatic rings. The molecule has 20 heavy (non-hydrogen) atoms. The van der Waals surface area contributed by atoms with Crippen molar-refractivity contribution in [2.24, 2.45) is 0 Å². The summed E-state index contributed by atoms with van der Waals surface area (Å²) in [5.41, 5.74) is 2.74. The van der Waals surface area contributed by atoms with Crippen LogP contribution in [0.2, 0.25) is 0 Å². The van der Waals surface area contributed by atoms with E-state index in [0.717, 1.165) is 25.8 Å². The van der Waals surface area contributed by atoms with Gasteiger partial charge >= 0.3 is 5.97 Å². The van der Waals surface area contributed by atoms with E-state index < -0.39 is 0 Å². The second-order valence-electron chi connectivity index (χ2n) is 5.49. The minimum absolute atomic E-state index is 0.134. The van der Waals surface area contributed by atoms with E-state index in [-0.39, 0.29) is 5.97 Å². The Labute approximate surface area is 121 Å². The first-order valence-corrected chi connectivity index (χ1v) is 7.82. The standard InChI is InChI=1S/C16H26N2O2/c1-3-5-9-20-16(19)12-18-10-13-7-6-8-15(17-4-2)14(13)11-18/h10-11,15,17H,3-9,12H2,1-2H3. The predicted octanol–water partition coefficient (Wildman–Crippen LogP) is 2.82.